The van der Waals surface area contributed by atoms with Crippen molar-refractivity contribution in [2.75, 3.05) is 7.11 Å². The van der Waals surface area contributed by atoms with Crippen molar-refractivity contribution in [1.82, 2.24) is 0 Å². The molecule has 1 saturated carbocycles. The van der Waals surface area contributed by atoms with Gasteiger partial charge in [-0.05, 0) is 36.3 Å². The Morgan fingerprint density at radius 3 is 2.88 bits per heavy atom. The minimum Gasteiger partial charge on any atom is -0.468 e. The summed E-state index contributed by atoms with van der Waals surface area (Å²) in [5.41, 5.74) is 7.20. The lowest BCUT2D eigenvalue weighted by atomic mass is 9.92. The summed E-state index contributed by atoms with van der Waals surface area (Å²) in [7, 11) is 1.40. The van der Waals surface area contributed by atoms with Crippen LogP contribution in [-0.2, 0) is 21.4 Å². The number of hydrogen-bond acceptors (Lipinski definition) is 4. The Balaban J connectivity index is 2.29. The number of carbonyl (C=O) groups is 1. The van der Waals surface area contributed by atoms with Crippen LogP contribution in [0.4, 0.5) is 0 Å². The van der Waals surface area contributed by atoms with Crippen LogP contribution >= 0.6 is 11.3 Å². The Morgan fingerprint density at radius 2 is 2.38 bits per heavy atom. The molecule has 2 N–H and O–H groups in total. The first kappa shape index (κ1) is 11.6. The van der Waals surface area contributed by atoms with Gasteiger partial charge in [-0.2, -0.15) is 0 Å². The lowest BCUT2D eigenvalue weighted by Gasteiger charge is -2.21. The van der Waals surface area contributed by atoms with Gasteiger partial charge in [0.1, 0.15) is 6.04 Å². The molecule has 0 radical (unpaired) electrons. The van der Waals surface area contributed by atoms with E-state index in [9.17, 15) is 4.79 Å². The van der Waals surface area contributed by atoms with E-state index in [4.69, 9.17) is 10.5 Å². The Hall–Kier alpha value is -0.870. The van der Waals surface area contributed by atoms with Gasteiger partial charge in [-0.15, -0.1) is 11.3 Å². The molecule has 1 heterocycles. The van der Waals surface area contributed by atoms with E-state index in [1.54, 1.807) is 11.3 Å². The molecule has 0 spiro atoms. The summed E-state index contributed by atoms with van der Waals surface area (Å²) < 4.78 is 4.75. The van der Waals surface area contributed by atoms with Gasteiger partial charge in [0.05, 0.1) is 7.11 Å². The second-order valence-electron chi connectivity index (χ2n) is 4.29. The molecule has 16 heavy (non-hydrogen) atoms. The fraction of sp³-hybridized carbons (Fsp3) is 0.583. The number of rotatable bonds is 4. The normalized spacial score (nSPS) is 19.2. The monoisotopic (exact) mass is 239 g/mol. The molecule has 1 aromatic rings. The Morgan fingerprint density at radius 1 is 1.69 bits per heavy atom. The first-order valence-electron chi connectivity index (χ1n) is 5.56. The quantitative estimate of drug-likeness (QED) is 0.816. The standard InChI is InChI=1S/C12H17NO2S/c1-3-8-4-7-16-10(8)12(5-6-12)9(13)11(14)15-2/h4,7,9H,3,5-6,13H2,1-2H3. The second kappa shape index (κ2) is 4.18. The minimum absolute atomic E-state index is 0.132. The van der Waals surface area contributed by atoms with Gasteiger partial charge in [0, 0.05) is 10.3 Å². The van der Waals surface area contributed by atoms with Gasteiger partial charge in [0.25, 0.3) is 0 Å². The molecule has 1 aliphatic rings. The Bertz CT molecular complexity index is 395. The molecule has 1 unspecified atom stereocenters. The molecule has 0 bridgehead atoms. The van der Waals surface area contributed by atoms with Gasteiger partial charge in [-0.25, -0.2) is 0 Å². The molecule has 0 aromatic carbocycles. The number of esters is 1. The molecule has 2 rings (SSSR count). The fourth-order valence-corrected chi connectivity index (χ4v) is 3.52. The zero-order valence-electron chi connectivity index (χ0n) is 9.66. The van der Waals surface area contributed by atoms with Crippen molar-refractivity contribution in [2.24, 2.45) is 5.73 Å². The van der Waals surface area contributed by atoms with Crippen LogP contribution in [0.25, 0.3) is 0 Å². The predicted octanol–water partition coefficient (Wildman–Crippen LogP) is 1.84. The van der Waals surface area contributed by atoms with E-state index in [1.165, 1.54) is 17.6 Å². The minimum atomic E-state index is -0.513. The van der Waals surface area contributed by atoms with Crippen LogP contribution in [0.15, 0.2) is 11.4 Å². The molecule has 1 aromatic heterocycles. The molecule has 1 atom stereocenters. The predicted molar refractivity (Wildman–Crippen MR) is 64.6 cm³/mol. The molecule has 0 saturated heterocycles. The molecule has 1 fully saturated rings. The van der Waals surface area contributed by atoms with Crippen LogP contribution in [0.5, 0.6) is 0 Å². The van der Waals surface area contributed by atoms with E-state index >= 15 is 0 Å². The number of nitrogens with two attached hydrogens (primary N) is 1. The first-order valence-corrected chi connectivity index (χ1v) is 6.44. The summed E-state index contributed by atoms with van der Waals surface area (Å²) in [6.45, 7) is 2.13. The Labute approximate surface area is 99.6 Å². The number of methoxy groups -OCH3 is 1. The van der Waals surface area contributed by atoms with Gasteiger partial charge in [0.2, 0.25) is 0 Å². The van der Waals surface area contributed by atoms with Crippen molar-refractivity contribution in [2.45, 2.75) is 37.6 Å². The third-order valence-electron chi connectivity index (χ3n) is 3.42. The zero-order valence-corrected chi connectivity index (χ0v) is 10.5. The van der Waals surface area contributed by atoms with Crippen LogP contribution < -0.4 is 5.73 Å². The maximum absolute atomic E-state index is 11.6. The highest BCUT2D eigenvalue weighted by Gasteiger charge is 2.54. The maximum atomic E-state index is 11.6. The average Bonchev–Trinajstić information content (AvgIpc) is 2.98. The van der Waals surface area contributed by atoms with E-state index in [0.717, 1.165) is 19.3 Å². The maximum Gasteiger partial charge on any atom is 0.323 e. The van der Waals surface area contributed by atoms with E-state index in [2.05, 4.69) is 18.4 Å². The topological polar surface area (TPSA) is 52.3 Å². The van der Waals surface area contributed by atoms with Gasteiger partial charge in [-0.1, -0.05) is 6.92 Å². The lowest BCUT2D eigenvalue weighted by Crippen LogP contribution is -2.42. The van der Waals surface area contributed by atoms with Crippen molar-refractivity contribution in [3.63, 3.8) is 0 Å². The van der Waals surface area contributed by atoms with Gasteiger partial charge >= 0.3 is 5.97 Å². The zero-order chi connectivity index (χ0) is 11.8. The largest absolute Gasteiger partial charge is 0.468 e. The number of thiophene rings is 1. The number of ether oxygens (including phenoxy) is 1. The number of hydrogen-bond donors (Lipinski definition) is 1. The van der Waals surface area contributed by atoms with E-state index in [0.29, 0.717) is 0 Å². The van der Waals surface area contributed by atoms with Gasteiger partial charge in [0.15, 0.2) is 0 Å². The smallest absolute Gasteiger partial charge is 0.323 e. The van der Waals surface area contributed by atoms with Crippen molar-refractivity contribution < 1.29 is 9.53 Å². The average molecular weight is 239 g/mol. The third kappa shape index (κ3) is 1.66. The second-order valence-corrected chi connectivity index (χ2v) is 5.20. The molecule has 3 nitrogen and oxygen atoms in total. The molecule has 0 amide bonds. The number of carbonyl (C=O) groups excluding carboxylic acids is 1. The van der Waals surface area contributed by atoms with Crippen LogP contribution in [0.2, 0.25) is 0 Å². The summed E-state index contributed by atoms with van der Waals surface area (Å²) in [4.78, 5) is 12.8. The van der Waals surface area contributed by atoms with E-state index < -0.39 is 6.04 Å². The van der Waals surface area contributed by atoms with Gasteiger partial charge in [-0.3, -0.25) is 4.79 Å². The molecular formula is C12H17NO2S. The summed E-state index contributed by atoms with van der Waals surface area (Å²) in [5, 5.41) is 2.08. The van der Waals surface area contributed by atoms with Gasteiger partial charge < -0.3 is 10.5 Å². The van der Waals surface area contributed by atoms with Crippen LogP contribution in [0.3, 0.4) is 0 Å². The molecule has 1 aliphatic carbocycles. The van der Waals surface area contributed by atoms with E-state index in [-0.39, 0.29) is 11.4 Å². The molecule has 0 aliphatic heterocycles. The third-order valence-corrected chi connectivity index (χ3v) is 4.60. The summed E-state index contributed by atoms with van der Waals surface area (Å²) in [6, 6.07) is 1.62. The van der Waals surface area contributed by atoms with Crippen molar-refractivity contribution in [3.8, 4) is 0 Å². The molecule has 4 heteroatoms. The van der Waals surface area contributed by atoms with Crippen LogP contribution in [0, 0.1) is 0 Å². The fourth-order valence-electron chi connectivity index (χ4n) is 2.22. The highest BCUT2D eigenvalue weighted by molar-refractivity contribution is 7.10. The first-order chi connectivity index (χ1) is 7.65. The Kier molecular flexibility index (Phi) is 3.04. The van der Waals surface area contributed by atoms with Crippen molar-refractivity contribution in [3.05, 3.63) is 21.9 Å². The summed E-state index contributed by atoms with van der Waals surface area (Å²) in [6.07, 6.45) is 2.99. The summed E-state index contributed by atoms with van der Waals surface area (Å²) >= 11 is 1.71. The highest BCUT2D eigenvalue weighted by atomic mass is 32.1. The molecular weight excluding hydrogens is 222 g/mol. The van der Waals surface area contributed by atoms with Crippen molar-refractivity contribution in [1.29, 1.82) is 0 Å². The molecule has 88 valence electrons. The van der Waals surface area contributed by atoms with Crippen LogP contribution in [-0.4, -0.2) is 19.1 Å². The number of aryl methyl sites for hydroxylation is 1. The summed E-state index contributed by atoms with van der Waals surface area (Å²) in [5.74, 6) is -0.298. The van der Waals surface area contributed by atoms with E-state index in [1.807, 2.05) is 0 Å². The van der Waals surface area contributed by atoms with Crippen LogP contribution in [0.1, 0.15) is 30.2 Å². The highest BCUT2D eigenvalue weighted by Crippen LogP contribution is 2.53. The lowest BCUT2D eigenvalue weighted by molar-refractivity contribution is -0.143. The SMILES string of the molecule is CCc1ccsc1C1(C(N)C(=O)OC)CC1. The van der Waals surface area contributed by atoms with Crippen molar-refractivity contribution >= 4 is 17.3 Å².